The molecule has 2 aromatic carbocycles. The third kappa shape index (κ3) is 4.77. The molecule has 3 N–H and O–H groups in total. The van der Waals surface area contributed by atoms with Crippen LogP contribution in [0.15, 0.2) is 54.6 Å². The summed E-state index contributed by atoms with van der Waals surface area (Å²) in [7, 11) is 0. The molecule has 0 atom stereocenters. The fraction of sp³-hybridized carbons (Fsp3) is 0.423. The molecule has 0 unspecified atom stereocenters. The Bertz CT molecular complexity index is 978. The lowest BCUT2D eigenvalue weighted by atomic mass is 10.0. The number of nitrogens with one attached hydrogen (secondary N) is 3. The van der Waals surface area contributed by atoms with Gasteiger partial charge in [0.1, 0.15) is 0 Å². The van der Waals surface area contributed by atoms with Gasteiger partial charge in [-0.1, -0.05) is 31.0 Å². The maximum atomic E-state index is 12.3. The Kier molecular flexibility index (Phi) is 5.94. The number of hydrogen-bond donors (Lipinski definition) is 3. The summed E-state index contributed by atoms with van der Waals surface area (Å²) in [4.78, 5) is 18.3. The summed E-state index contributed by atoms with van der Waals surface area (Å²) < 4.78 is 0. The summed E-state index contributed by atoms with van der Waals surface area (Å²) in [5, 5.41) is 8.09. The van der Waals surface area contributed by atoms with Crippen molar-refractivity contribution < 1.29 is 4.79 Å². The van der Waals surface area contributed by atoms with Crippen LogP contribution >= 0.6 is 0 Å². The zero-order valence-corrected chi connectivity index (χ0v) is 18.1. The van der Waals surface area contributed by atoms with Gasteiger partial charge >= 0.3 is 0 Å². The van der Waals surface area contributed by atoms with Gasteiger partial charge in [0.2, 0.25) is 5.91 Å². The highest BCUT2D eigenvalue weighted by Gasteiger charge is 2.23. The molecule has 2 aliphatic rings. The minimum Gasteiger partial charge on any atom is -0.371 e. The van der Waals surface area contributed by atoms with Crippen molar-refractivity contribution in [3.8, 4) is 0 Å². The summed E-state index contributed by atoms with van der Waals surface area (Å²) in [6.07, 6.45) is 6.72. The smallest absolute Gasteiger partial charge is 0.227 e. The lowest BCUT2D eigenvalue weighted by Crippen LogP contribution is -2.42. The van der Waals surface area contributed by atoms with Crippen molar-refractivity contribution in [1.82, 2.24) is 10.3 Å². The van der Waals surface area contributed by atoms with E-state index < -0.39 is 0 Å². The summed E-state index contributed by atoms with van der Waals surface area (Å²) in [5.41, 5.74) is 4.61. The van der Waals surface area contributed by atoms with Crippen LogP contribution < -0.4 is 15.5 Å². The highest BCUT2D eigenvalue weighted by Crippen LogP contribution is 2.27. The summed E-state index contributed by atoms with van der Waals surface area (Å²) in [6.45, 7) is 2.99. The van der Waals surface area contributed by atoms with E-state index in [9.17, 15) is 4.79 Å². The van der Waals surface area contributed by atoms with E-state index in [4.69, 9.17) is 0 Å². The molecule has 1 saturated heterocycles. The first-order chi connectivity index (χ1) is 15.2. The highest BCUT2D eigenvalue weighted by atomic mass is 16.1. The van der Waals surface area contributed by atoms with E-state index in [0.717, 1.165) is 51.0 Å². The molecule has 5 heteroatoms. The summed E-state index contributed by atoms with van der Waals surface area (Å²) >= 11 is 0. The van der Waals surface area contributed by atoms with E-state index in [1.54, 1.807) is 0 Å². The van der Waals surface area contributed by atoms with Crippen LogP contribution in [0.5, 0.6) is 0 Å². The van der Waals surface area contributed by atoms with Crippen molar-refractivity contribution >= 4 is 28.2 Å². The maximum absolute atomic E-state index is 12.3. The van der Waals surface area contributed by atoms with Gasteiger partial charge in [-0.05, 0) is 67.5 Å². The molecular formula is C26H32N4O. The number of carbonyl (C=O) groups is 1. The molecule has 0 radical (unpaired) electrons. The number of nitrogens with zero attached hydrogens (tertiary/aromatic N) is 1. The lowest BCUT2D eigenvalue weighted by molar-refractivity contribution is -0.119. The van der Waals surface area contributed by atoms with Gasteiger partial charge < -0.3 is 20.5 Å². The van der Waals surface area contributed by atoms with E-state index in [2.05, 4.69) is 63.0 Å². The van der Waals surface area contributed by atoms with Crippen molar-refractivity contribution in [3.05, 3.63) is 60.3 Å². The first-order valence-electron chi connectivity index (χ1n) is 11.7. The van der Waals surface area contributed by atoms with Crippen molar-refractivity contribution in [1.29, 1.82) is 0 Å². The molecule has 162 valence electrons. The number of fused-ring (bicyclic) bond motifs is 1. The Morgan fingerprint density at radius 2 is 1.71 bits per heavy atom. The van der Waals surface area contributed by atoms with Gasteiger partial charge in [0.25, 0.3) is 0 Å². The molecule has 2 heterocycles. The van der Waals surface area contributed by atoms with Gasteiger partial charge in [-0.15, -0.1) is 0 Å². The molecule has 2 fully saturated rings. The second-order valence-corrected chi connectivity index (χ2v) is 9.04. The van der Waals surface area contributed by atoms with Crippen LogP contribution in [0.1, 0.15) is 44.2 Å². The molecule has 1 amide bonds. The Morgan fingerprint density at radius 3 is 2.45 bits per heavy atom. The Hall–Kier alpha value is -2.79. The number of H-pyrrole nitrogens is 1. The molecule has 1 aliphatic carbocycles. The number of aromatic nitrogens is 1. The molecule has 0 spiro atoms. The largest absolute Gasteiger partial charge is 0.371 e. The monoisotopic (exact) mass is 416 g/mol. The molecule has 1 saturated carbocycles. The van der Waals surface area contributed by atoms with E-state index in [0.29, 0.717) is 6.04 Å². The van der Waals surface area contributed by atoms with Crippen LogP contribution in [-0.4, -0.2) is 30.0 Å². The van der Waals surface area contributed by atoms with Crippen molar-refractivity contribution in [2.24, 2.45) is 5.92 Å². The van der Waals surface area contributed by atoms with Crippen LogP contribution in [0.25, 0.3) is 10.9 Å². The number of carbonyl (C=O) groups excluding carboxylic acids is 1. The Morgan fingerprint density at radius 1 is 0.968 bits per heavy atom. The standard InChI is InChI=1S/C26H32N4O/c31-26(19-5-1-2-6-19)29-22-9-11-24(12-10-22)30-15-13-21(14-16-30)27-18-23-17-20-7-3-4-8-25(20)28-23/h3-4,7-12,17,19,21,27-28H,1-2,5-6,13-16,18H2,(H,29,31). The number of aromatic amines is 1. The lowest BCUT2D eigenvalue weighted by Gasteiger charge is -2.34. The van der Waals surface area contributed by atoms with Crippen LogP contribution in [0.4, 0.5) is 11.4 Å². The quantitative estimate of drug-likeness (QED) is 0.527. The zero-order valence-electron chi connectivity index (χ0n) is 18.1. The van der Waals surface area contributed by atoms with Gasteiger partial charge in [-0.2, -0.15) is 0 Å². The maximum Gasteiger partial charge on any atom is 0.227 e. The predicted octanol–water partition coefficient (Wildman–Crippen LogP) is 5.06. The van der Waals surface area contributed by atoms with Crippen molar-refractivity contribution in [2.45, 2.75) is 51.1 Å². The number of hydrogen-bond acceptors (Lipinski definition) is 3. The predicted molar refractivity (Wildman–Crippen MR) is 127 cm³/mol. The molecule has 1 aromatic heterocycles. The number of rotatable bonds is 6. The van der Waals surface area contributed by atoms with Crippen LogP contribution in [-0.2, 0) is 11.3 Å². The number of piperidine rings is 1. The number of benzene rings is 2. The zero-order chi connectivity index (χ0) is 21.0. The van der Waals surface area contributed by atoms with E-state index in [1.165, 1.54) is 35.1 Å². The van der Waals surface area contributed by atoms with Crippen molar-refractivity contribution in [2.75, 3.05) is 23.3 Å². The number of para-hydroxylation sites is 1. The van der Waals surface area contributed by atoms with E-state index >= 15 is 0 Å². The Balaban J connectivity index is 1.09. The fourth-order valence-corrected chi connectivity index (χ4v) is 5.01. The van der Waals surface area contributed by atoms with E-state index in [-0.39, 0.29) is 11.8 Å². The van der Waals surface area contributed by atoms with Crippen molar-refractivity contribution in [3.63, 3.8) is 0 Å². The van der Waals surface area contributed by atoms with Gasteiger partial charge in [0, 0.05) is 54.2 Å². The average Bonchev–Trinajstić information content (AvgIpc) is 3.48. The summed E-state index contributed by atoms with van der Waals surface area (Å²) in [5.74, 6) is 0.391. The highest BCUT2D eigenvalue weighted by molar-refractivity contribution is 5.92. The summed E-state index contributed by atoms with van der Waals surface area (Å²) in [6, 6.07) is 19.6. The minimum absolute atomic E-state index is 0.187. The normalized spacial score (nSPS) is 18.0. The van der Waals surface area contributed by atoms with Gasteiger partial charge in [-0.3, -0.25) is 4.79 Å². The van der Waals surface area contributed by atoms with Crippen LogP contribution in [0.3, 0.4) is 0 Å². The molecule has 0 bridgehead atoms. The van der Waals surface area contributed by atoms with E-state index in [1.807, 2.05) is 12.1 Å². The average molecular weight is 417 g/mol. The second kappa shape index (κ2) is 9.15. The SMILES string of the molecule is O=C(Nc1ccc(N2CCC(NCc3cc4ccccc4[nH]3)CC2)cc1)C1CCCC1. The minimum atomic E-state index is 0.187. The number of amides is 1. The third-order valence-corrected chi connectivity index (χ3v) is 6.89. The molecule has 3 aromatic rings. The topological polar surface area (TPSA) is 60.2 Å². The first-order valence-corrected chi connectivity index (χ1v) is 11.7. The molecule has 5 rings (SSSR count). The molecule has 31 heavy (non-hydrogen) atoms. The van der Waals surface area contributed by atoms with Gasteiger partial charge in [0.05, 0.1) is 0 Å². The fourth-order valence-electron chi connectivity index (χ4n) is 5.01. The third-order valence-electron chi connectivity index (χ3n) is 6.89. The number of anilines is 2. The Labute approximate surface area is 184 Å². The first kappa shape index (κ1) is 20.1. The molecular weight excluding hydrogens is 384 g/mol. The van der Waals surface area contributed by atoms with Crippen LogP contribution in [0.2, 0.25) is 0 Å². The molecule has 1 aliphatic heterocycles. The van der Waals surface area contributed by atoms with Crippen LogP contribution in [0, 0.1) is 5.92 Å². The second-order valence-electron chi connectivity index (χ2n) is 9.04. The molecule has 5 nitrogen and oxygen atoms in total. The van der Waals surface area contributed by atoms with Gasteiger partial charge in [-0.25, -0.2) is 0 Å². The van der Waals surface area contributed by atoms with Gasteiger partial charge in [0.15, 0.2) is 0 Å².